The molecule has 3 aliphatic rings. The summed E-state index contributed by atoms with van der Waals surface area (Å²) in [6, 6.07) is 10.8. The summed E-state index contributed by atoms with van der Waals surface area (Å²) in [5.74, 6) is 0.299. The first-order chi connectivity index (χ1) is 19.3. The van der Waals surface area contributed by atoms with Gasteiger partial charge in [-0.1, -0.05) is 18.6 Å². The summed E-state index contributed by atoms with van der Waals surface area (Å²) in [5, 5.41) is 14.0. The van der Waals surface area contributed by atoms with Crippen LogP contribution in [-0.2, 0) is 14.3 Å². The zero-order valence-electron chi connectivity index (χ0n) is 23.5. The summed E-state index contributed by atoms with van der Waals surface area (Å²) in [6.07, 6.45) is 5.65. The number of rotatable bonds is 7. The van der Waals surface area contributed by atoms with E-state index in [4.69, 9.17) is 18.9 Å². The van der Waals surface area contributed by atoms with Crippen LogP contribution in [-0.4, -0.2) is 44.3 Å². The number of phenols is 1. The van der Waals surface area contributed by atoms with Gasteiger partial charge in [0.25, 0.3) is 0 Å². The summed E-state index contributed by atoms with van der Waals surface area (Å²) < 4.78 is 22.1. The van der Waals surface area contributed by atoms with Gasteiger partial charge >= 0.3 is 5.97 Å². The monoisotopic (exact) mass is 547 g/mol. The van der Waals surface area contributed by atoms with E-state index in [2.05, 4.69) is 5.32 Å². The van der Waals surface area contributed by atoms with Gasteiger partial charge in [-0.2, -0.15) is 0 Å². The Kier molecular flexibility index (Phi) is 8.05. The molecule has 5 rings (SSSR count). The number of hydrogen-bond donors (Lipinski definition) is 2. The topological polar surface area (TPSA) is 103 Å². The van der Waals surface area contributed by atoms with Crippen molar-refractivity contribution < 1.29 is 33.6 Å². The lowest BCUT2D eigenvalue weighted by Crippen LogP contribution is -2.37. The molecule has 40 heavy (non-hydrogen) atoms. The van der Waals surface area contributed by atoms with Crippen molar-refractivity contribution in [3.8, 4) is 23.0 Å². The lowest BCUT2D eigenvalue weighted by molar-refractivity contribution is -0.146. The summed E-state index contributed by atoms with van der Waals surface area (Å²) >= 11 is 0. The molecule has 0 radical (unpaired) electrons. The number of methoxy groups -OCH3 is 3. The molecular formula is C32H37NO7. The van der Waals surface area contributed by atoms with Crippen LogP contribution in [0.15, 0.2) is 58.9 Å². The van der Waals surface area contributed by atoms with Crippen LogP contribution in [0.1, 0.15) is 74.8 Å². The molecule has 0 saturated heterocycles. The average molecular weight is 548 g/mol. The molecule has 1 fully saturated rings. The average Bonchev–Trinajstić information content (AvgIpc) is 2.96. The minimum absolute atomic E-state index is 0.0511. The molecule has 8 nitrogen and oxygen atoms in total. The predicted molar refractivity (Wildman–Crippen MR) is 150 cm³/mol. The molecule has 2 aromatic carbocycles. The first-order valence-corrected chi connectivity index (χ1v) is 13.9. The van der Waals surface area contributed by atoms with Crippen LogP contribution in [0.5, 0.6) is 23.0 Å². The zero-order chi connectivity index (χ0) is 28.4. The Morgan fingerprint density at radius 1 is 0.875 bits per heavy atom. The minimum atomic E-state index is -0.664. The lowest BCUT2D eigenvalue weighted by atomic mass is 9.71. The molecule has 0 aromatic heterocycles. The molecule has 1 aliphatic heterocycles. The van der Waals surface area contributed by atoms with Crippen LogP contribution in [0, 0.1) is 0 Å². The molecule has 2 aromatic rings. The molecule has 0 amide bonds. The highest BCUT2D eigenvalue weighted by Gasteiger charge is 2.42. The van der Waals surface area contributed by atoms with Crippen molar-refractivity contribution in [2.75, 3.05) is 21.3 Å². The molecule has 0 spiro atoms. The first kappa shape index (κ1) is 27.6. The van der Waals surface area contributed by atoms with Crippen molar-refractivity contribution in [3.05, 3.63) is 70.1 Å². The first-order valence-electron chi connectivity index (χ1n) is 13.9. The third-order valence-corrected chi connectivity index (χ3v) is 8.29. The number of esters is 1. The molecule has 2 aliphatic carbocycles. The molecule has 2 atom stereocenters. The van der Waals surface area contributed by atoms with E-state index in [0.29, 0.717) is 46.1 Å². The Bertz CT molecular complexity index is 1370. The van der Waals surface area contributed by atoms with Gasteiger partial charge in [0, 0.05) is 29.3 Å². The Morgan fingerprint density at radius 3 is 2.23 bits per heavy atom. The second-order valence-electron chi connectivity index (χ2n) is 10.7. The van der Waals surface area contributed by atoms with Gasteiger partial charge < -0.3 is 29.4 Å². The summed E-state index contributed by atoms with van der Waals surface area (Å²) in [7, 11) is 4.66. The number of Topliss-reactive ketones (excluding diaryl/α,β-unsaturated/α-hetero) is 1. The SMILES string of the molecule is COc1ccc([C@@H]2C(C(=O)OC3CCCCC3)=C(C)NC3=C2C(=O)C[C@@H](c2ccc(OC)c(OC)c2)C3)cc1O. The normalized spacial score (nSPS) is 21.4. The van der Waals surface area contributed by atoms with Gasteiger partial charge in [0.1, 0.15) is 6.10 Å². The van der Waals surface area contributed by atoms with Gasteiger partial charge in [-0.3, -0.25) is 4.79 Å². The van der Waals surface area contributed by atoms with Gasteiger partial charge in [0.15, 0.2) is 28.8 Å². The van der Waals surface area contributed by atoms with E-state index in [0.717, 1.165) is 43.4 Å². The number of allylic oxidation sites excluding steroid dienone is 3. The van der Waals surface area contributed by atoms with Crippen molar-refractivity contribution in [1.29, 1.82) is 0 Å². The number of hydrogen-bond acceptors (Lipinski definition) is 8. The van der Waals surface area contributed by atoms with E-state index in [1.807, 2.05) is 25.1 Å². The van der Waals surface area contributed by atoms with Crippen LogP contribution < -0.4 is 19.5 Å². The van der Waals surface area contributed by atoms with Gasteiger partial charge in [0.05, 0.1) is 26.9 Å². The Hall–Kier alpha value is -3.94. The molecule has 2 N–H and O–H groups in total. The van der Waals surface area contributed by atoms with Crippen LogP contribution in [0.2, 0.25) is 0 Å². The Morgan fingerprint density at radius 2 is 1.55 bits per heavy atom. The summed E-state index contributed by atoms with van der Waals surface area (Å²) in [4.78, 5) is 27.6. The predicted octanol–water partition coefficient (Wildman–Crippen LogP) is 5.66. The second-order valence-corrected chi connectivity index (χ2v) is 10.7. The maximum atomic E-state index is 13.9. The molecule has 212 valence electrons. The molecule has 8 heteroatoms. The highest BCUT2D eigenvalue weighted by atomic mass is 16.5. The quantitative estimate of drug-likeness (QED) is 0.429. The van der Waals surface area contributed by atoms with Crippen molar-refractivity contribution in [1.82, 2.24) is 5.32 Å². The van der Waals surface area contributed by atoms with Crippen molar-refractivity contribution in [2.24, 2.45) is 0 Å². The Balaban J connectivity index is 1.54. The number of ether oxygens (including phenoxy) is 4. The second kappa shape index (κ2) is 11.7. The minimum Gasteiger partial charge on any atom is -0.504 e. The third kappa shape index (κ3) is 5.27. The van der Waals surface area contributed by atoms with E-state index in [1.165, 1.54) is 7.11 Å². The van der Waals surface area contributed by atoms with E-state index < -0.39 is 11.9 Å². The van der Waals surface area contributed by atoms with Crippen LogP contribution in [0.4, 0.5) is 0 Å². The largest absolute Gasteiger partial charge is 0.504 e. The molecule has 1 heterocycles. The number of nitrogens with one attached hydrogen (secondary N) is 1. The van der Waals surface area contributed by atoms with Crippen molar-refractivity contribution >= 4 is 11.8 Å². The fraction of sp³-hybridized carbons (Fsp3) is 0.438. The van der Waals surface area contributed by atoms with Gasteiger partial charge in [-0.15, -0.1) is 0 Å². The number of benzene rings is 2. The summed E-state index contributed by atoms with van der Waals surface area (Å²) in [6.45, 7) is 1.85. The molecule has 0 bridgehead atoms. The fourth-order valence-electron chi connectivity index (χ4n) is 6.27. The van der Waals surface area contributed by atoms with Gasteiger partial charge in [-0.05, 0) is 80.3 Å². The van der Waals surface area contributed by atoms with E-state index in [-0.39, 0.29) is 30.0 Å². The number of aromatic hydroxyl groups is 1. The van der Waals surface area contributed by atoms with E-state index in [1.54, 1.807) is 32.4 Å². The molecule has 0 unspecified atom stereocenters. The standard InChI is InChI=1S/C32H37NO7/c1-18-29(32(36)40-22-8-6-5-7-9-22)30(20-11-12-26(37-2)24(34)15-20)31-23(33-18)14-21(16-25(31)35)19-10-13-27(38-3)28(17-19)39-4/h10-13,15,17,21-22,30,33-34H,5-9,14,16H2,1-4H3/t21-,30+/m0/s1. The molecular weight excluding hydrogens is 510 g/mol. The number of dihydropyridines is 1. The van der Waals surface area contributed by atoms with Crippen LogP contribution in [0.25, 0.3) is 0 Å². The number of carbonyl (C=O) groups is 2. The van der Waals surface area contributed by atoms with Crippen molar-refractivity contribution in [2.45, 2.75) is 69.8 Å². The highest BCUT2D eigenvalue weighted by molar-refractivity contribution is 6.04. The highest BCUT2D eigenvalue weighted by Crippen LogP contribution is 2.47. The third-order valence-electron chi connectivity index (χ3n) is 8.29. The lowest BCUT2D eigenvalue weighted by Gasteiger charge is -2.37. The van der Waals surface area contributed by atoms with Crippen LogP contribution in [0.3, 0.4) is 0 Å². The van der Waals surface area contributed by atoms with Crippen LogP contribution >= 0.6 is 0 Å². The van der Waals surface area contributed by atoms with Crippen molar-refractivity contribution in [3.63, 3.8) is 0 Å². The molecule has 1 saturated carbocycles. The smallest absolute Gasteiger partial charge is 0.337 e. The number of phenolic OH excluding ortho intramolecular Hbond substituents is 1. The fourth-order valence-corrected chi connectivity index (χ4v) is 6.27. The Labute approximate surface area is 235 Å². The maximum Gasteiger partial charge on any atom is 0.337 e. The van der Waals surface area contributed by atoms with Gasteiger partial charge in [0.2, 0.25) is 0 Å². The van der Waals surface area contributed by atoms with Gasteiger partial charge in [-0.25, -0.2) is 4.79 Å². The summed E-state index contributed by atoms with van der Waals surface area (Å²) in [5.41, 5.74) is 4.00. The number of ketones is 1. The van der Waals surface area contributed by atoms with E-state index >= 15 is 0 Å². The number of carbonyl (C=O) groups excluding carboxylic acids is 2. The maximum absolute atomic E-state index is 13.9. The zero-order valence-corrected chi connectivity index (χ0v) is 23.5. The van der Waals surface area contributed by atoms with E-state index in [9.17, 15) is 14.7 Å².